The third-order valence-electron chi connectivity index (χ3n) is 4.08. The quantitative estimate of drug-likeness (QED) is 0.944. The summed E-state index contributed by atoms with van der Waals surface area (Å²) in [5.74, 6) is 1.09. The van der Waals surface area contributed by atoms with Crippen LogP contribution in [0.2, 0.25) is 0 Å². The number of rotatable bonds is 3. The number of pyridine rings is 1. The van der Waals surface area contributed by atoms with E-state index in [1.54, 1.807) is 30.5 Å². The molecule has 0 bridgehead atoms. The lowest BCUT2D eigenvalue weighted by Gasteiger charge is -2.16. The summed E-state index contributed by atoms with van der Waals surface area (Å²) in [6.07, 6.45) is 4.19. The van der Waals surface area contributed by atoms with E-state index < -0.39 is 0 Å². The molecule has 1 amide bonds. The van der Waals surface area contributed by atoms with Crippen LogP contribution in [0.4, 0.5) is 11.4 Å². The number of ether oxygens (including phenoxy) is 2. The highest BCUT2D eigenvalue weighted by molar-refractivity contribution is 6.03. The molecule has 0 spiro atoms. The summed E-state index contributed by atoms with van der Waals surface area (Å²) in [5.41, 5.74) is 2.12. The van der Waals surface area contributed by atoms with E-state index in [4.69, 9.17) is 9.47 Å². The van der Waals surface area contributed by atoms with Crippen LogP contribution in [0.25, 0.3) is 0 Å². The van der Waals surface area contributed by atoms with E-state index >= 15 is 0 Å². The zero-order chi connectivity index (χ0) is 15.6. The Morgan fingerprint density at radius 1 is 1.09 bits per heavy atom. The average Bonchev–Trinajstić information content (AvgIpc) is 3.26. The molecule has 0 unspecified atom stereocenters. The molecule has 1 fully saturated rings. The van der Waals surface area contributed by atoms with Gasteiger partial charge < -0.3 is 19.7 Å². The monoisotopic (exact) mass is 311 g/mol. The zero-order valence-corrected chi connectivity index (χ0v) is 12.6. The highest BCUT2D eigenvalue weighted by atomic mass is 16.7. The van der Waals surface area contributed by atoms with E-state index in [0.29, 0.717) is 22.9 Å². The van der Waals surface area contributed by atoms with Crippen molar-refractivity contribution in [2.45, 2.75) is 12.8 Å². The van der Waals surface area contributed by atoms with Gasteiger partial charge >= 0.3 is 0 Å². The lowest BCUT2D eigenvalue weighted by molar-refractivity contribution is 0.102. The van der Waals surface area contributed by atoms with E-state index in [-0.39, 0.29) is 12.7 Å². The third kappa shape index (κ3) is 2.79. The molecule has 2 aliphatic rings. The molecule has 23 heavy (non-hydrogen) atoms. The molecular formula is C17H17N3O3. The summed E-state index contributed by atoms with van der Waals surface area (Å²) in [6.45, 7) is 2.33. The van der Waals surface area contributed by atoms with Crippen molar-refractivity contribution in [3.63, 3.8) is 0 Å². The van der Waals surface area contributed by atoms with E-state index in [1.165, 1.54) is 12.8 Å². The van der Waals surface area contributed by atoms with Crippen LogP contribution < -0.4 is 19.7 Å². The second-order valence-corrected chi connectivity index (χ2v) is 5.62. The van der Waals surface area contributed by atoms with Gasteiger partial charge in [-0.2, -0.15) is 0 Å². The van der Waals surface area contributed by atoms with Gasteiger partial charge in [0, 0.05) is 24.8 Å². The standard InChI is InChI=1S/C17H17N3O3/c21-17(19-12-3-6-15-16(9-12)23-11-22-15)14-5-4-13(10-18-14)20-7-1-2-8-20/h3-6,9-10H,1-2,7-8,11H2,(H,19,21). The Kier molecular flexibility index (Phi) is 3.49. The first-order valence-electron chi connectivity index (χ1n) is 7.71. The van der Waals surface area contributed by atoms with Gasteiger partial charge in [-0.25, -0.2) is 4.98 Å². The number of amides is 1. The molecule has 6 nitrogen and oxygen atoms in total. The van der Waals surface area contributed by atoms with Gasteiger partial charge in [0.15, 0.2) is 11.5 Å². The fourth-order valence-corrected chi connectivity index (χ4v) is 2.85. The molecule has 118 valence electrons. The highest BCUT2D eigenvalue weighted by Gasteiger charge is 2.16. The minimum atomic E-state index is -0.239. The Morgan fingerprint density at radius 2 is 1.91 bits per heavy atom. The number of nitrogens with one attached hydrogen (secondary N) is 1. The molecule has 6 heteroatoms. The summed E-state index contributed by atoms with van der Waals surface area (Å²) in [6, 6.07) is 9.02. The van der Waals surface area contributed by atoms with Gasteiger partial charge in [-0.1, -0.05) is 0 Å². The van der Waals surface area contributed by atoms with Crippen molar-refractivity contribution in [2.75, 3.05) is 30.1 Å². The summed E-state index contributed by atoms with van der Waals surface area (Å²) >= 11 is 0. The van der Waals surface area contributed by atoms with E-state index in [9.17, 15) is 4.79 Å². The molecule has 2 aromatic rings. The molecule has 1 aromatic heterocycles. The van der Waals surface area contributed by atoms with E-state index in [2.05, 4.69) is 15.2 Å². The summed E-state index contributed by atoms with van der Waals surface area (Å²) in [7, 11) is 0. The predicted octanol–water partition coefficient (Wildman–Crippen LogP) is 2.66. The van der Waals surface area contributed by atoms with E-state index in [0.717, 1.165) is 18.8 Å². The van der Waals surface area contributed by atoms with Crippen LogP contribution >= 0.6 is 0 Å². The van der Waals surface area contributed by atoms with Crippen molar-refractivity contribution in [3.8, 4) is 11.5 Å². The number of carbonyl (C=O) groups excluding carboxylic acids is 1. The molecule has 0 aliphatic carbocycles. The molecule has 1 saturated heterocycles. The third-order valence-corrected chi connectivity index (χ3v) is 4.08. The molecule has 0 radical (unpaired) electrons. The predicted molar refractivity (Wildman–Crippen MR) is 86.2 cm³/mol. The topological polar surface area (TPSA) is 63.7 Å². The number of benzene rings is 1. The second kappa shape index (κ2) is 5.79. The van der Waals surface area contributed by atoms with Gasteiger partial charge in [-0.05, 0) is 37.1 Å². The van der Waals surface area contributed by atoms with Gasteiger partial charge in [0.05, 0.1) is 11.9 Å². The van der Waals surface area contributed by atoms with Crippen molar-refractivity contribution in [1.82, 2.24) is 4.98 Å². The molecule has 0 atom stereocenters. The average molecular weight is 311 g/mol. The van der Waals surface area contributed by atoms with Crippen molar-refractivity contribution < 1.29 is 14.3 Å². The van der Waals surface area contributed by atoms with Gasteiger partial charge in [-0.15, -0.1) is 0 Å². The Morgan fingerprint density at radius 3 is 2.70 bits per heavy atom. The second-order valence-electron chi connectivity index (χ2n) is 5.62. The van der Waals surface area contributed by atoms with Crippen LogP contribution in [0.15, 0.2) is 36.5 Å². The minimum absolute atomic E-state index is 0.215. The van der Waals surface area contributed by atoms with Gasteiger partial charge in [-0.3, -0.25) is 4.79 Å². The first kappa shape index (κ1) is 13.9. The van der Waals surface area contributed by atoms with Crippen LogP contribution in [0.1, 0.15) is 23.3 Å². The van der Waals surface area contributed by atoms with Crippen LogP contribution in [-0.2, 0) is 0 Å². The van der Waals surface area contributed by atoms with Crippen LogP contribution in [0, 0.1) is 0 Å². The van der Waals surface area contributed by atoms with Crippen LogP contribution in [0.5, 0.6) is 11.5 Å². The molecule has 4 rings (SSSR count). The Hall–Kier alpha value is -2.76. The Balaban J connectivity index is 1.46. The number of fused-ring (bicyclic) bond motifs is 1. The fourth-order valence-electron chi connectivity index (χ4n) is 2.85. The van der Waals surface area contributed by atoms with Gasteiger partial charge in [0.2, 0.25) is 6.79 Å². The minimum Gasteiger partial charge on any atom is -0.454 e. The van der Waals surface area contributed by atoms with Crippen molar-refractivity contribution in [2.24, 2.45) is 0 Å². The lowest BCUT2D eigenvalue weighted by atomic mass is 10.2. The summed E-state index contributed by atoms with van der Waals surface area (Å²) < 4.78 is 10.6. The summed E-state index contributed by atoms with van der Waals surface area (Å²) in [5, 5.41) is 2.83. The molecule has 1 aromatic carbocycles. The van der Waals surface area contributed by atoms with E-state index in [1.807, 2.05) is 6.07 Å². The molecule has 3 heterocycles. The van der Waals surface area contributed by atoms with Crippen molar-refractivity contribution >= 4 is 17.3 Å². The smallest absolute Gasteiger partial charge is 0.274 e. The Bertz CT molecular complexity index is 724. The highest BCUT2D eigenvalue weighted by Crippen LogP contribution is 2.34. The molecule has 0 saturated carbocycles. The van der Waals surface area contributed by atoms with Gasteiger partial charge in [0.1, 0.15) is 5.69 Å². The summed E-state index contributed by atoms with van der Waals surface area (Å²) in [4.78, 5) is 18.9. The fraction of sp³-hybridized carbons (Fsp3) is 0.294. The van der Waals surface area contributed by atoms with Crippen molar-refractivity contribution in [3.05, 3.63) is 42.2 Å². The molecular weight excluding hydrogens is 294 g/mol. The number of hydrogen-bond acceptors (Lipinski definition) is 5. The number of hydrogen-bond donors (Lipinski definition) is 1. The maximum atomic E-state index is 12.3. The number of anilines is 2. The zero-order valence-electron chi connectivity index (χ0n) is 12.6. The number of aromatic nitrogens is 1. The number of carbonyl (C=O) groups is 1. The number of nitrogens with zero attached hydrogens (tertiary/aromatic N) is 2. The SMILES string of the molecule is O=C(Nc1ccc2c(c1)OCO2)c1ccc(N2CCCC2)cn1. The van der Waals surface area contributed by atoms with Crippen LogP contribution in [0.3, 0.4) is 0 Å². The maximum absolute atomic E-state index is 12.3. The Labute approximate surface area is 134 Å². The first-order chi connectivity index (χ1) is 11.3. The van der Waals surface area contributed by atoms with Crippen LogP contribution in [-0.4, -0.2) is 30.8 Å². The first-order valence-corrected chi connectivity index (χ1v) is 7.71. The molecule has 2 aliphatic heterocycles. The van der Waals surface area contributed by atoms with Gasteiger partial charge in [0.25, 0.3) is 5.91 Å². The largest absolute Gasteiger partial charge is 0.454 e. The lowest BCUT2D eigenvalue weighted by Crippen LogP contribution is -2.19. The molecule has 1 N–H and O–H groups in total. The van der Waals surface area contributed by atoms with Crippen molar-refractivity contribution in [1.29, 1.82) is 0 Å². The normalized spacial score (nSPS) is 15.7. The maximum Gasteiger partial charge on any atom is 0.274 e.